The van der Waals surface area contributed by atoms with E-state index in [1.165, 1.54) is 0 Å². The van der Waals surface area contributed by atoms with E-state index < -0.39 is 0 Å². The number of rotatable bonds is 5. The minimum Gasteiger partial charge on any atom is -0.358 e. The predicted molar refractivity (Wildman–Crippen MR) is 66.1 cm³/mol. The van der Waals surface area contributed by atoms with Crippen molar-refractivity contribution in [3.8, 4) is 0 Å². The Bertz CT molecular complexity index is 324. The molecule has 0 radical (unpaired) electrons. The molecule has 0 saturated carbocycles. The van der Waals surface area contributed by atoms with Gasteiger partial charge in [-0.25, -0.2) is 0 Å². The molecule has 0 saturated heterocycles. The zero-order chi connectivity index (χ0) is 12.0. The molecule has 2 atom stereocenters. The Morgan fingerprint density at radius 3 is 2.44 bits per heavy atom. The molecule has 0 spiro atoms. The number of likely N-dealkylation sites (N-methyl/N-ethyl adjacent to an activating group) is 1. The summed E-state index contributed by atoms with van der Waals surface area (Å²) in [5, 5.41) is 6.01. The highest BCUT2D eigenvalue weighted by Gasteiger charge is 2.20. The monoisotopic (exact) mass is 220 g/mol. The second-order valence-corrected chi connectivity index (χ2v) is 3.93. The van der Waals surface area contributed by atoms with Crippen molar-refractivity contribution in [3.05, 3.63) is 35.9 Å². The van der Waals surface area contributed by atoms with Crippen LogP contribution in [0.25, 0.3) is 0 Å². The van der Waals surface area contributed by atoms with Gasteiger partial charge < -0.3 is 5.32 Å². The van der Waals surface area contributed by atoms with Crippen LogP contribution >= 0.6 is 0 Å². The van der Waals surface area contributed by atoms with Gasteiger partial charge in [-0.3, -0.25) is 10.1 Å². The number of hydrogen-bond donors (Lipinski definition) is 2. The van der Waals surface area contributed by atoms with Gasteiger partial charge in [0.2, 0.25) is 5.91 Å². The number of benzene rings is 1. The molecule has 2 unspecified atom stereocenters. The van der Waals surface area contributed by atoms with E-state index in [1.54, 1.807) is 7.05 Å². The fourth-order valence-electron chi connectivity index (χ4n) is 1.52. The topological polar surface area (TPSA) is 41.1 Å². The fraction of sp³-hybridized carbons (Fsp3) is 0.462. The van der Waals surface area contributed by atoms with E-state index in [9.17, 15) is 4.79 Å². The second-order valence-electron chi connectivity index (χ2n) is 3.93. The van der Waals surface area contributed by atoms with Crippen LogP contribution in [0.4, 0.5) is 0 Å². The van der Waals surface area contributed by atoms with E-state index in [0.29, 0.717) is 6.04 Å². The molecule has 1 aromatic rings. The van der Waals surface area contributed by atoms with Gasteiger partial charge in [-0.15, -0.1) is 0 Å². The average Bonchev–Trinajstić information content (AvgIpc) is 2.35. The molecule has 3 nitrogen and oxygen atoms in total. The molecule has 0 fully saturated rings. The molecule has 1 aromatic carbocycles. The van der Waals surface area contributed by atoms with Crippen LogP contribution in [0.2, 0.25) is 0 Å². The Morgan fingerprint density at radius 2 is 1.94 bits per heavy atom. The van der Waals surface area contributed by atoms with E-state index in [-0.39, 0.29) is 11.9 Å². The van der Waals surface area contributed by atoms with Crippen LogP contribution in [0.1, 0.15) is 31.9 Å². The first-order chi connectivity index (χ1) is 7.69. The van der Waals surface area contributed by atoms with Crippen LogP contribution in [-0.2, 0) is 4.79 Å². The predicted octanol–water partition coefficient (Wildman–Crippen LogP) is 1.86. The van der Waals surface area contributed by atoms with Crippen molar-refractivity contribution >= 4 is 5.91 Å². The lowest BCUT2D eigenvalue weighted by molar-refractivity contribution is -0.123. The van der Waals surface area contributed by atoms with Crippen molar-refractivity contribution in [2.75, 3.05) is 7.05 Å². The summed E-state index contributed by atoms with van der Waals surface area (Å²) in [6.45, 7) is 4.18. The first-order valence-corrected chi connectivity index (χ1v) is 5.71. The summed E-state index contributed by atoms with van der Waals surface area (Å²) in [4.78, 5) is 11.8. The molecule has 1 rings (SSSR count). The van der Waals surface area contributed by atoms with Gasteiger partial charge in [0.15, 0.2) is 0 Å². The summed E-state index contributed by atoms with van der Waals surface area (Å²) in [7, 11) is 1.66. The first-order valence-electron chi connectivity index (χ1n) is 5.71. The van der Waals surface area contributed by atoms with E-state index in [0.717, 1.165) is 12.0 Å². The minimum absolute atomic E-state index is 0.00602. The van der Waals surface area contributed by atoms with Crippen LogP contribution in [0.5, 0.6) is 0 Å². The lowest BCUT2D eigenvalue weighted by Crippen LogP contribution is -2.39. The standard InChI is InChI=1S/C13H20N2O/c1-4-10(2)15-12(13(16)14-3)11-8-6-5-7-9-11/h5-10,12,15H,4H2,1-3H3,(H,14,16). The maximum absolute atomic E-state index is 11.8. The number of nitrogens with one attached hydrogen (secondary N) is 2. The van der Waals surface area contributed by atoms with Crippen molar-refractivity contribution in [2.24, 2.45) is 0 Å². The van der Waals surface area contributed by atoms with Gasteiger partial charge in [0.25, 0.3) is 0 Å². The van der Waals surface area contributed by atoms with Crippen LogP contribution in [0, 0.1) is 0 Å². The number of carbonyl (C=O) groups excluding carboxylic acids is 1. The van der Waals surface area contributed by atoms with Gasteiger partial charge in [-0.1, -0.05) is 37.3 Å². The van der Waals surface area contributed by atoms with Gasteiger partial charge >= 0.3 is 0 Å². The molecule has 88 valence electrons. The lowest BCUT2D eigenvalue weighted by atomic mass is 10.0. The molecule has 0 aromatic heterocycles. The summed E-state index contributed by atoms with van der Waals surface area (Å²) >= 11 is 0. The van der Waals surface area contributed by atoms with Crippen molar-refractivity contribution < 1.29 is 4.79 Å². The average molecular weight is 220 g/mol. The van der Waals surface area contributed by atoms with Gasteiger partial charge in [0.05, 0.1) is 0 Å². The maximum Gasteiger partial charge on any atom is 0.241 e. The zero-order valence-electron chi connectivity index (χ0n) is 10.2. The van der Waals surface area contributed by atoms with Gasteiger partial charge in [0.1, 0.15) is 6.04 Å². The largest absolute Gasteiger partial charge is 0.358 e. The molecule has 0 bridgehead atoms. The highest BCUT2D eigenvalue weighted by atomic mass is 16.2. The van der Waals surface area contributed by atoms with Gasteiger partial charge in [0, 0.05) is 13.1 Å². The Labute approximate surface area is 97.2 Å². The third-order valence-electron chi connectivity index (χ3n) is 2.71. The lowest BCUT2D eigenvalue weighted by Gasteiger charge is -2.21. The third kappa shape index (κ3) is 3.35. The Hall–Kier alpha value is -1.35. The quantitative estimate of drug-likeness (QED) is 0.795. The molecule has 2 N–H and O–H groups in total. The molecule has 3 heteroatoms. The summed E-state index contributed by atoms with van der Waals surface area (Å²) in [5.74, 6) is 0.00602. The molecule has 0 heterocycles. The van der Waals surface area contributed by atoms with Crippen LogP contribution in [0.15, 0.2) is 30.3 Å². The molecular formula is C13H20N2O. The fourth-order valence-corrected chi connectivity index (χ4v) is 1.52. The van der Waals surface area contributed by atoms with Gasteiger partial charge in [-0.2, -0.15) is 0 Å². The number of hydrogen-bond acceptors (Lipinski definition) is 2. The molecule has 0 aliphatic carbocycles. The highest BCUT2D eigenvalue weighted by molar-refractivity contribution is 5.82. The van der Waals surface area contributed by atoms with Crippen LogP contribution < -0.4 is 10.6 Å². The molecule has 0 aliphatic heterocycles. The minimum atomic E-state index is -0.263. The molecular weight excluding hydrogens is 200 g/mol. The first kappa shape index (κ1) is 12.7. The number of amides is 1. The third-order valence-corrected chi connectivity index (χ3v) is 2.71. The van der Waals surface area contributed by atoms with E-state index in [4.69, 9.17) is 0 Å². The zero-order valence-corrected chi connectivity index (χ0v) is 10.2. The second kappa shape index (κ2) is 6.28. The SMILES string of the molecule is CCC(C)NC(C(=O)NC)c1ccccc1. The Morgan fingerprint density at radius 1 is 1.31 bits per heavy atom. The maximum atomic E-state index is 11.8. The van der Waals surface area contributed by atoms with Gasteiger partial charge in [-0.05, 0) is 18.9 Å². The summed E-state index contributed by atoms with van der Waals surface area (Å²) in [6.07, 6.45) is 1.00. The van der Waals surface area contributed by atoms with Crippen LogP contribution in [-0.4, -0.2) is 19.0 Å². The molecule has 1 amide bonds. The van der Waals surface area contributed by atoms with Crippen molar-refractivity contribution in [3.63, 3.8) is 0 Å². The Kier molecular flexibility index (Phi) is 4.99. The normalized spacial score (nSPS) is 14.2. The molecule has 16 heavy (non-hydrogen) atoms. The smallest absolute Gasteiger partial charge is 0.241 e. The molecule has 0 aliphatic rings. The Balaban J connectivity index is 2.84. The van der Waals surface area contributed by atoms with Crippen molar-refractivity contribution in [1.29, 1.82) is 0 Å². The van der Waals surface area contributed by atoms with Crippen LogP contribution in [0.3, 0.4) is 0 Å². The summed E-state index contributed by atoms with van der Waals surface area (Å²) < 4.78 is 0. The van der Waals surface area contributed by atoms with Crippen molar-refractivity contribution in [1.82, 2.24) is 10.6 Å². The van der Waals surface area contributed by atoms with E-state index in [1.807, 2.05) is 30.3 Å². The highest BCUT2D eigenvalue weighted by Crippen LogP contribution is 2.13. The summed E-state index contributed by atoms with van der Waals surface area (Å²) in [5.41, 5.74) is 1.00. The van der Waals surface area contributed by atoms with E-state index in [2.05, 4.69) is 24.5 Å². The number of carbonyl (C=O) groups is 1. The van der Waals surface area contributed by atoms with E-state index >= 15 is 0 Å². The van der Waals surface area contributed by atoms with Crippen molar-refractivity contribution in [2.45, 2.75) is 32.4 Å². The summed E-state index contributed by atoms with van der Waals surface area (Å²) in [6, 6.07) is 9.84.